The molecule has 6 heteroatoms. The van der Waals surface area contributed by atoms with Crippen molar-refractivity contribution in [2.24, 2.45) is 4.99 Å². The van der Waals surface area contributed by atoms with Crippen LogP contribution in [0.1, 0.15) is 45.9 Å². The molecule has 136 valence electrons. The number of aryl methyl sites for hydroxylation is 1. The summed E-state index contributed by atoms with van der Waals surface area (Å²) < 4.78 is 6.22. The molecule has 0 aliphatic heterocycles. The van der Waals surface area contributed by atoms with E-state index in [0.29, 0.717) is 22.0 Å². The van der Waals surface area contributed by atoms with Gasteiger partial charge in [0, 0.05) is 21.2 Å². The third kappa shape index (κ3) is 3.52. The van der Waals surface area contributed by atoms with E-state index in [1.54, 1.807) is 13.1 Å². The molecule has 2 heterocycles. The number of fused-ring (bicyclic) bond motifs is 1. The van der Waals surface area contributed by atoms with Crippen molar-refractivity contribution in [2.45, 2.75) is 33.6 Å². The Morgan fingerprint density at radius 3 is 2.73 bits per heavy atom. The number of hydrogen-bond acceptors (Lipinski definition) is 6. The van der Waals surface area contributed by atoms with Crippen LogP contribution in [0.2, 0.25) is 0 Å². The lowest BCUT2D eigenvalue weighted by Crippen LogP contribution is -2.05. The first-order valence-electron chi connectivity index (χ1n) is 8.60. The van der Waals surface area contributed by atoms with Crippen molar-refractivity contribution < 1.29 is 14.6 Å². The van der Waals surface area contributed by atoms with E-state index < -0.39 is 0 Å². The van der Waals surface area contributed by atoms with Gasteiger partial charge in [-0.1, -0.05) is 25.5 Å². The van der Waals surface area contributed by atoms with Gasteiger partial charge in [0.1, 0.15) is 10.8 Å². The number of carbonyl (C=O) groups excluding carboxylic acids is 1. The van der Waals surface area contributed by atoms with Gasteiger partial charge in [-0.3, -0.25) is 0 Å². The first kappa shape index (κ1) is 18.6. The highest BCUT2D eigenvalue weighted by atomic mass is 32.1. The van der Waals surface area contributed by atoms with E-state index in [0.717, 1.165) is 33.4 Å². The second-order valence-electron chi connectivity index (χ2n) is 5.87. The minimum absolute atomic E-state index is 0.231. The molecule has 0 radical (unpaired) electrons. The van der Waals surface area contributed by atoms with Crippen molar-refractivity contribution in [3.63, 3.8) is 0 Å². The summed E-state index contributed by atoms with van der Waals surface area (Å²) in [5, 5.41) is 11.9. The Hall–Kier alpha value is -2.18. The average Bonchev–Trinajstić information content (AvgIpc) is 3.11. The molecule has 1 aromatic carbocycles. The molecule has 0 unspecified atom stereocenters. The van der Waals surface area contributed by atoms with E-state index in [4.69, 9.17) is 4.74 Å². The van der Waals surface area contributed by atoms with Crippen molar-refractivity contribution in [3.05, 3.63) is 45.1 Å². The summed E-state index contributed by atoms with van der Waals surface area (Å²) in [6.45, 7) is 6.19. The van der Waals surface area contributed by atoms with Crippen LogP contribution in [0.4, 0.5) is 5.00 Å². The number of benzene rings is 1. The normalized spacial score (nSPS) is 11.5. The molecular weight excluding hydrogens is 366 g/mol. The highest BCUT2D eigenvalue weighted by Gasteiger charge is 2.21. The van der Waals surface area contributed by atoms with Gasteiger partial charge in [0.2, 0.25) is 0 Å². The van der Waals surface area contributed by atoms with Gasteiger partial charge in [-0.15, -0.1) is 22.7 Å². The molecule has 3 rings (SSSR count). The van der Waals surface area contributed by atoms with E-state index in [2.05, 4.69) is 11.9 Å². The van der Waals surface area contributed by atoms with Gasteiger partial charge in [-0.25, -0.2) is 9.79 Å². The Bertz CT molecular complexity index is 969. The SMILES string of the molecule is CCCc1sc(/N=C/c2sc3ccccc3c2O)c(C(=O)OCC)c1C. The van der Waals surface area contributed by atoms with Crippen LogP contribution in [0.25, 0.3) is 10.1 Å². The fraction of sp³-hybridized carbons (Fsp3) is 0.300. The Morgan fingerprint density at radius 1 is 1.27 bits per heavy atom. The van der Waals surface area contributed by atoms with Crippen molar-refractivity contribution in [1.29, 1.82) is 0 Å². The van der Waals surface area contributed by atoms with Crippen LogP contribution < -0.4 is 0 Å². The summed E-state index contributed by atoms with van der Waals surface area (Å²) in [5.74, 6) is -0.106. The Morgan fingerprint density at radius 2 is 2.04 bits per heavy atom. The molecule has 0 atom stereocenters. The van der Waals surface area contributed by atoms with Gasteiger partial charge in [0.05, 0.1) is 17.0 Å². The van der Waals surface area contributed by atoms with Crippen LogP contribution in [0, 0.1) is 6.92 Å². The van der Waals surface area contributed by atoms with E-state index in [9.17, 15) is 9.90 Å². The summed E-state index contributed by atoms with van der Waals surface area (Å²) in [6.07, 6.45) is 3.56. The van der Waals surface area contributed by atoms with Crippen molar-refractivity contribution in [3.8, 4) is 5.75 Å². The monoisotopic (exact) mass is 387 g/mol. The molecule has 0 saturated carbocycles. The van der Waals surface area contributed by atoms with Crippen LogP contribution in [0.3, 0.4) is 0 Å². The predicted octanol–water partition coefficient (Wildman–Crippen LogP) is 5.86. The highest BCUT2D eigenvalue weighted by molar-refractivity contribution is 7.21. The number of thiophene rings is 2. The molecule has 0 amide bonds. The molecule has 0 fully saturated rings. The number of aromatic hydroxyl groups is 1. The van der Waals surface area contributed by atoms with E-state index in [1.807, 2.05) is 31.2 Å². The van der Waals surface area contributed by atoms with Crippen LogP contribution in [0.5, 0.6) is 5.75 Å². The summed E-state index contributed by atoms with van der Waals surface area (Å²) >= 11 is 3.00. The van der Waals surface area contributed by atoms with Crippen molar-refractivity contribution in [1.82, 2.24) is 0 Å². The first-order valence-corrected chi connectivity index (χ1v) is 10.2. The number of nitrogens with zero attached hydrogens (tertiary/aromatic N) is 1. The van der Waals surface area contributed by atoms with Crippen LogP contribution in [-0.2, 0) is 11.2 Å². The molecule has 3 aromatic rings. The molecule has 0 saturated heterocycles. The van der Waals surface area contributed by atoms with Gasteiger partial charge < -0.3 is 9.84 Å². The largest absolute Gasteiger partial charge is 0.506 e. The second-order valence-corrected chi connectivity index (χ2v) is 8.04. The zero-order valence-electron chi connectivity index (χ0n) is 15.0. The lowest BCUT2D eigenvalue weighted by atomic mass is 10.1. The second kappa shape index (κ2) is 8.01. The number of ether oxygens (including phenoxy) is 1. The van der Waals surface area contributed by atoms with Crippen LogP contribution in [0.15, 0.2) is 29.3 Å². The molecule has 0 aliphatic carbocycles. The fourth-order valence-corrected chi connectivity index (χ4v) is 5.01. The Labute approximate surface area is 160 Å². The number of hydrogen-bond donors (Lipinski definition) is 1. The van der Waals surface area contributed by atoms with Gasteiger partial charge in [-0.05, 0) is 38.0 Å². The smallest absolute Gasteiger partial charge is 0.341 e. The zero-order valence-corrected chi connectivity index (χ0v) is 16.7. The Kier molecular flexibility index (Phi) is 5.74. The number of aliphatic imine (C=N–C) groups is 1. The molecule has 1 N–H and O–H groups in total. The minimum Gasteiger partial charge on any atom is -0.506 e. The van der Waals surface area contributed by atoms with E-state index in [-0.39, 0.29) is 11.7 Å². The van der Waals surface area contributed by atoms with Crippen molar-refractivity contribution in [2.75, 3.05) is 6.61 Å². The fourth-order valence-electron chi connectivity index (χ4n) is 2.80. The van der Waals surface area contributed by atoms with Gasteiger partial charge in [0.25, 0.3) is 0 Å². The van der Waals surface area contributed by atoms with Crippen LogP contribution in [-0.4, -0.2) is 23.9 Å². The quantitative estimate of drug-likeness (QED) is 0.426. The zero-order chi connectivity index (χ0) is 18.7. The summed E-state index contributed by atoms with van der Waals surface area (Å²) in [5.41, 5.74) is 1.49. The molecule has 26 heavy (non-hydrogen) atoms. The lowest BCUT2D eigenvalue weighted by molar-refractivity contribution is 0.0527. The van der Waals surface area contributed by atoms with E-state index >= 15 is 0 Å². The maximum atomic E-state index is 12.4. The number of rotatable bonds is 6. The van der Waals surface area contributed by atoms with Crippen LogP contribution >= 0.6 is 22.7 Å². The molecule has 0 aliphatic rings. The van der Waals surface area contributed by atoms with E-state index in [1.165, 1.54) is 22.7 Å². The highest BCUT2D eigenvalue weighted by Crippen LogP contribution is 2.39. The summed E-state index contributed by atoms with van der Waals surface area (Å²) in [4.78, 5) is 18.8. The lowest BCUT2D eigenvalue weighted by Gasteiger charge is -2.02. The van der Waals surface area contributed by atoms with Gasteiger partial charge in [0.15, 0.2) is 0 Å². The topological polar surface area (TPSA) is 58.9 Å². The third-order valence-corrected chi connectivity index (χ3v) is 6.43. The van der Waals surface area contributed by atoms with Gasteiger partial charge >= 0.3 is 5.97 Å². The Balaban J connectivity index is 2.02. The molecular formula is C20H21NO3S2. The first-order chi connectivity index (χ1) is 12.6. The molecule has 0 spiro atoms. The maximum Gasteiger partial charge on any atom is 0.341 e. The summed E-state index contributed by atoms with van der Waals surface area (Å²) in [6, 6.07) is 7.69. The van der Waals surface area contributed by atoms with Gasteiger partial charge in [-0.2, -0.15) is 0 Å². The maximum absolute atomic E-state index is 12.4. The summed E-state index contributed by atoms with van der Waals surface area (Å²) in [7, 11) is 0. The molecule has 2 aromatic heterocycles. The third-order valence-electron chi connectivity index (χ3n) is 4.08. The standard InChI is InChI=1S/C20H21NO3S2/c1-4-8-14-12(3)17(20(23)24-5-2)19(26-14)21-11-16-18(22)13-9-6-7-10-15(13)25-16/h6-7,9-11,22H,4-5,8H2,1-3H3/b21-11+. The van der Waals surface area contributed by atoms with Crippen molar-refractivity contribution >= 4 is 49.9 Å². The number of esters is 1. The molecule has 4 nitrogen and oxygen atoms in total. The predicted molar refractivity (Wildman–Crippen MR) is 110 cm³/mol. The average molecular weight is 388 g/mol. The number of carbonyl (C=O) groups is 1. The molecule has 0 bridgehead atoms. The minimum atomic E-state index is -0.337.